The zero-order valence-corrected chi connectivity index (χ0v) is 11.9. The summed E-state index contributed by atoms with van der Waals surface area (Å²) < 4.78 is 6.85. The van der Waals surface area contributed by atoms with Crippen LogP contribution in [0.1, 0.15) is 39.0 Å². The fraction of sp³-hybridized carbons (Fsp3) is 0.600. The highest BCUT2D eigenvalue weighted by molar-refractivity contribution is 5.69. The molecule has 0 radical (unpaired) electrons. The van der Waals surface area contributed by atoms with Crippen molar-refractivity contribution >= 4 is 11.7 Å². The Morgan fingerprint density at radius 2 is 2.15 bits per heavy atom. The van der Waals surface area contributed by atoms with Gasteiger partial charge in [-0.25, -0.2) is 0 Å². The van der Waals surface area contributed by atoms with Crippen molar-refractivity contribution in [2.24, 2.45) is 5.92 Å². The van der Waals surface area contributed by atoms with Crippen LogP contribution in [-0.2, 0) is 16.1 Å². The Labute approximate surface area is 118 Å². The summed E-state index contributed by atoms with van der Waals surface area (Å²) >= 11 is 0. The van der Waals surface area contributed by atoms with E-state index in [4.69, 9.17) is 10.5 Å². The molecule has 1 aliphatic carbocycles. The molecule has 5 nitrogen and oxygen atoms in total. The Balaban J connectivity index is 1.98. The molecule has 0 aliphatic heterocycles. The van der Waals surface area contributed by atoms with Gasteiger partial charge in [0, 0.05) is 18.0 Å². The van der Waals surface area contributed by atoms with Crippen LogP contribution >= 0.6 is 0 Å². The highest BCUT2D eigenvalue weighted by atomic mass is 16.5. The number of nitrogens with zero attached hydrogens (tertiary/aromatic N) is 1. The summed E-state index contributed by atoms with van der Waals surface area (Å²) in [6.45, 7) is 2.05. The molecule has 1 heterocycles. The van der Waals surface area contributed by atoms with Crippen molar-refractivity contribution in [2.75, 3.05) is 5.73 Å². The van der Waals surface area contributed by atoms with Crippen LogP contribution < -0.4 is 11.3 Å². The third kappa shape index (κ3) is 3.62. The van der Waals surface area contributed by atoms with E-state index >= 15 is 0 Å². The first kappa shape index (κ1) is 14.6. The molecule has 2 atom stereocenters. The van der Waals surface area contributed by atoms with Crippen molar-refractivity contribution in [1.82, 2.24) is 4.57 Å². The molecule has 5 heteroatoms. The Morgan fingerprint density at radius 1 is 1.40 bits per heavy atom. The minimum atomic E-state index is -0.358. The number of anilines is 1. The minimum absolute atomic E-state index is 0.00184. The van der Waals surface area contributed by atoms with Crippen LogP contribution in [0.15, 0.2) is 23.1 Å². The van der Waals surface area contributed by atoms with E-state index in [1.165, 1.54) is 29.3 Å². The SMILES string of the molecule is CCC1CCCCC1OC(=O)Cn1cc(N)ccc1=O. The Morgan fingerprint density at radius 3 is 2.90 bits per heavy atom. The first-order valence-corrected chi connectivity index (χ1v) is 7.25. The molecule has 2 unspecified atom stereocenters. The highest BCUT2D eigenvalue weighted by Crippen LogP contribution is 2.29. The van der Waals surface area contributed by atoms with Gasteiger partial charge >= 0.3 is 5.97 Å². The largest absolute Gasteiger partial charge is 0.461 e. The van der Waals surface area contributed by atoms with Gasteiger partial charge in [0.15, 0.2) is 0 Å². The molecule has 0 aromatic carbocycles. The van der Waals surface area contributed by atoms with Gasteiger partial charge < -0.3 is 15.0 Å². The van der Waals surface area contributed by atoms with Crippen LogP contribution in [0.5, 0.6) is 0 Å². The predicted molar refractivity (Wildman–Crippen MR) is 77.2 cm³/mol. The average Bonchev–Trinajstić information content (AvgIpc) is 2.43. The number of ether oxygens (including phenoxy) is 1. The molecule has 1 saturated carbocycles. The van der Waals surface area contributed by atoms with Crippen molar-refractivity contribution in [3.63, 3.8) is 0 Å². The summed E-state index contributed by atoms with van der Waals surface area (Å²) in [6, 6.07) is 2.89. The Bertz CT molecular complexity index is 524. The van der Waals surface area contributed by atoms with Crippen LogP contribution in [-0.4, -0.2) is 16.6 Å². The van der Waals surface area contributed by atoms with Crippen LogP contribution in [0, 0.1) is 5.92 Å². The van der Waals surface area contributed by atoms with Gasteiger partial charge in [-0.2, -0.15) is 0 Å². The summed E-state index contributed by atoms with van der Waals surface area (Å²) in [5, 5.41) is 0. The monoisotopic (exact) mass is 278 g/mol. The van der Waals surface area contributed by atoms with Gasteiger partial charge in [-0.1, -0.05) is 13.3 Å². The first-order chi connectivity index (χ1) is 9.60. The maximum absolute atomic E-state index is 12.0. The fourth-order valence-corrected chi connectivity index (χ4v) is 2.81. The molecular weight excluding hydrogens is 256 g/mol. The number of pyridine rings is 1. The van der Waals surface area contributed by atoms with E-state index < -0.39 is 0 Å². The number of nitrogens with two attached hydrogens (primary N) is 1. The molecule has 0 saturated heterocycles. The van der Waals surface area contributed by atoms with Crippen molar-refractivity contribution < 1.29 is 9.53 Å². The lowest BCUT2D eigenvalue weighted by molar-refractivity contribution is -0.154. The molecule has 0 spiro atoms. The van der Waals surface area contributed by atoms with Crippen LogP contribution in [0.4, 0.5) is 5.69 Å². The molecule has 0 amide bonds. The molecule has 1 aromatic rings. The lowest BCUT2D eigenvalue weighted by atomic mass is 9.85. The third-order valence-electron chi connectivity index (χ3n) is 3.95. The molecule has 2 rings (SSSR count). The smallest absolute Gasteiger partial charge is 0.326 e. The topological polar surface area (TPSA) is 74.3 Å². The van der Waals surface area contributed by atoms with E-state index in [1.807, 2.05) is 0 Å². The van der Waals surface area contributed by atoms with E-state index in [-0.39, 0.29) is 24.2 Å². The summed E-state index contributed by atoms with van der Waals surface area (Å²) in [6.07, 6.45) is 6.85. The van der Waals surface area contributed by atoms with E-state index in [9.17, 15) is 9.59 Å². The lowest BCUT2D eigenvalue weighted by Crippen LogP contribution is -2.32. The number of hydrogen-bond donors (Lipinski definition) is 1. The van der Waals surface area contributed by atoms with E-state index in [1.54, 1.807) is 0 Å². The molecule has 0 bridgehead atoms. The minimum Gasteiger partial charge on any atom is -0.461 e. The average molecular weight is 278 g/mol. The zero-order chi connectivity index (χ0) is 14.5. The Hall–Kier alpha value is -1.78. The van der Waals surface area contributed by atoms with Gasteiger partial charge in [0.05, 0.1) is 0 Å². The Kier molecular flexibility index (Phi) is 4.82. The summed E-state index contributed by atoms with van der Waals surface area (Å²) in [7, 11) is 0. The maximum Gasteiger partial charge on any atom is 0.326 e. The van der Waals surface area contributed by atoms with Gasteiger partial charge in [0.2, 0.25) is 0 Å². The number of esters is 1. The summed E-state index contributed by atoms with van der Waals surface area (Å²) in [5.41, 5.74) is 5.84. The third-order valence-corrected chi connectivity index (χ3v) is 3.95. The second-order valence-corrected chi connectivity index (χ2v) is 5.41. The number of aromatic nitrogens is 1. The molecule has 1 fully saturated rings. The fourth-order valence-electron chi connectivity index (χ4n) is 2.81. The maximum atomic E-state index is 12.0. The molecule has 20 heavy (non-hydrogen) atoms. The van der Waals surface area contributed by atoms with Crippen molar-refractivity contribution in [3.05, 3.63) is 28.7 Å². The van der Waals surface area contributed by atoms with Crippen molar-refractivity contribution in [3.8, 4) is 0 Å². The standard InChI is InChI=1S/C15H22N2O3/c1-2-11-5-3-4-6-13(11)20-15(19)10-17-9-12(16)7-8-14(17)18/h7-9,11,13H,2-6,10,16H2,1H3. The van der Waals surface area contributed by atoms with E-state index in [0.717, 1.165) is 25.7 Å². The van der Waals surface area contributed by atoms with Gasteiger partial charge in [-0.05, 0) is 37.7 Å². The summed E-state index contributed by atoms with van der Waals surface area (Å²) in [5.74, 6) is 0.0910. The van der Waals surface area contributed by atoms with Gasteiger partial charge in [-0.3, -0.25) is 9.59 Å². The molecule has 1 aromatic heterocycles. The molecule has 1 aliphatic rings. The lowest BCUT2D eigenvalue weighted by Gasteiger charge is -2.30. The van der Waals surface area contributed by atoms with Crippen molar-refractivity contribution in [1.29, 1.82) is 0 Å². The second-order valence-electron chi connectivity index (χ2n) is 5.41. The number of carbonyl (C=O) groups excluding carboxylic acids is 1. The number of hydrogen-bond acceptors (Lipinski definition) is 4. The van der Waals surface area contributed by atoms with E-state index in [0.29, 0.717) is 11.6 Å². The first-order valence-electron chi connectivity index (χ1n) is 7.25. The highest BCUT2D eigenvalue weighted by Gasteiger charge is 2.26. The van der Waals surface area contributed by atoms with Crippen LogP contribution in [0.2, 0.25) is 0 Å². The number of carbonyl (C=O) groups is 1. The predicted octanol–water partition coefficient (Wildman–Crippen LogP) is 1.94. The number of rotatable bonds is 4. The van der Waals surface area contributed by atoms with Crippen molar-refractivity contribution in [2.45, 2.75) is 51.7 Å². The zero-order valence-electron chi connectivity index (χ0n) is 11.9. The molecule has 2 N–H and O–H groups in total. The normalized spacial score (nSPS) is 22.4. The van der Waals surface area contributed by atoms with Gasteiger partial charge in [0.1, 0.15) is 12.6 Å². The summed E-state index contributed by atoms with van der Waals surface area (Å²) in [4.78, 5) is 23.6. The second kappa shape index (κ2) is 6.59. The van der Waals surface area contributed by atoms with Gasteiger partial charge in [0.25, 0.3) is 5.56 Å². The van der Waals surface area contributed by atoms with E-state index in [2.05, 4.69) is 6.92 Å². The molecule has 110 valence electrons. The quantitative estimate of drug-likeness (QED) is 0.854. The molecular formula is C15H22N2O3. The number of nitrogen functional groups attached to an aromatic ring is 1. The van der Waals surface area contributed by atoms with Gasteiger partial charge in [-0.15, -0.1) is 0 Å². The van der Waals surface area contributed by atoms with Crippen LogP contribution in [0.3, 0.4) is 0 Å². The van der Waals surface area contributed by atoms with Crippen LogP contribution in [0.25, 0.3) is 0 Å².